The van der Waals surface area contributed by atoms with E-state index in [0.29, 0.717) is 29.4 Å². The molecule has 1 N–H and O–H groups in total. The number of nitrogens with zero attached hydrogens (tertiary/aromatic N) is 5. The highest BCUT2D eigenvalue weighted by Crippen LogP contribution is 2.33. The molecule has 144 valence electrons. The van der Waals surface area contributed by atoms with Crippen molar-refractivity contribution in [3.8, 4) is 0 Å². The van der Waals surface area contributed by atoms with Crippen molar-refractivity contribution in [3.05, 3.63) is 22.0 Å². The van der Waals surface area contributed by atoms with Crippen molar-refractivity contribution in [3.63, 3.8) is 0 Å². The quantitative estimate of drug-likeness (QED) is 0.708. The normalized spacial score (nSPS) is 15.9. The van der Waals surface area contributed by atoms with Gasteiger partial charge in [0.15, 0.2) is 11.2 Å². The highest BCUT2D eigenvalue weighted by Gasteiger charge is 2.26. The first kappa shape index (κ1) is 17.7. The topological polar surface area (TPSA) is 107 Å². The van der Waals surface area contributed by atoms with Crippen LogP contribution in [0.4, 0.5) is 0 Å². The van der Waals surface area contributed by atoms with Gasteiger partial charge in [0.05, 0.1) is 0 Å². The molecule has 4 rings (SSSR count). The standard InChI is InChI=1S/C18H24N6O3/c1-5-23-15(25)11-14(20-12(19-11)10-8-6-7-9-10)24-17(23)21-13(22-24)16(26)27-18(2,3)4/h10H,5-9H2,1-4H3,(H,19,20). The summed E-state index contributed by atoms with van der Waals surface area (Å²) < 4.78 is 8.32. The minimum atomic E-state index is -0.656. The predicted octanol–water partition coefficient (Wildman–Crippen LogP) is 2.40. The average molecular weight is 372 g/mol. The van der Waals surface area contributed by atoms with Gasteiger partial charge in [-0.15, -0.1) is 5.10 Å². The molecular formula is C18H24N6O3. The van der Waals surface area contributed by atoms with E-state index in [0.717, 1.165) is 18.7 Å². The fraction of sp³-hybridized carbons (Fsp3) is 0.611. The molecule has 1 aliphatic rings. The lowest BCUT2D eigenvalue weighted by molar-refractivity contribution is 0.00560. The smallest absolute Gasteiger partial charge is 0.378 e. The SMILES string of the molecule is CCn1c(=O)c2[nH]c(C3CCCC3)nc2n2nc(C(=O)OC(C)(C)C)nc12. The molecular weight excluding hydrogens is 348 g/mol. The van der Waals surface area contributed by atoms with E-state index in [1.807, 2.05) is 6.92 Å². The molecule has 0 atom stereocenters. The van der Waals surface area contributed by atoms with Crippen LogP contribution >= 0.6 is 0 Å². The molecule has 3 heterocycles. The van der Waals surface area contributed by atoms with E-state index in [4.69, 9.17) is 4.74 Å². The number of fused-ring (bicyclic) bond motifs is 3. The molecule has 1 saturated carbocycles. The third-order valence-electron chi connectivity index (χ3n) is 4.83. The van der Waals surface area contributed by atoms with E-state index < -0.39 is 11.6 Å². The number of hydrogen-bond acceptors (Lipinski definition) is 6. The second-order valence-corrected chi connectivity index (χ2v) is 8.00. The molecule has 3 aromatic heterocycles. The molecule has 0 spiro atoms. The van der Waals surface area contributed by atoms with Gasteiger partial charge in [0.1, 0.15) is 11.4 Å². The number of carbonyl (C=O) groups is 1. The van der Waals surface area contributed by atoms with Gasteiger partial charge in [0.25, 0.3) is 11.4 Å². The Kier molecular flexibility index (Phi) is 4.05. The zero-order valence-electron chi connectivity index (χ0n) is 16.1. The number of nitrogens with one attached hydrogen (secondary N) is 1. The molecule has 3 aromatic rings. The van der Waals surface area contributed by atoms with Crippen molar-refractivity contribution < 1.29 is 9.53 Å². The number of aromatic amines is 1. The van der Waals surface area contributed by atoms with Crippen LogP contribution in [0.15, 0.2) is 4.79 Å². The Balaban J connectivity index is 1.91. The maximum Gasteiger partial charge on any atom is 0.378 e. The second-order valence-electron chi connectivity index (χ2n) is 8.00. The van der Waals surface area contributed by atoms with E-state index in [9.17, 15) is 9.59 Å². The minimum Gasteiger partial charge on any atom is -0.454 e. The fourth-order valence-corrected chi connectivity index (χ4v) is 3.62. The lowest BCUT2D eigenvalue weighted by Gasteiger charge is -2.17. The van der Waals surface area contributed by atoms with Crippen molar-refractivity contribution >= 4 is 22.9 Å². The van der Waals surface area contributed by atoms with Crippen LogP contribution in [0.1, 0.15) is 75.7 Å². The van der Waals surface area contributed by atoms with Crippen molar-refractivity contribution in [2.24, 2.45) is 0 Å². The van der Waals surface area contributed by atoms with Crippen LogP contribution < -0.4 is 5.56 Å². The van der Waals surface area contributed by atoms with Gasteiger partial charge in [0, 0.05) is 12.5 Å². The van der Waals surface area contributed by atoms with Crippen molar-refractivity contribution in [2.45, 2.75) is 71.4 Å². The summed E-state index contributed by atoms with van der Waals surface area (Å²) in [5.74, 6) is 0.727. The number of ether oxygens (including phenoxy) is 1. The van der Waals surface area contributed by atoms with Crippen LogP contribution in [0, 0.1) is 0 Å². The number of aryl methyl sites for hydroxylation is 1. The molecule has 0 amide bonds. The largest absolute Gasteiger partial charge is 0.454 e. The van der Waals surface area contributed by atoms with Crippen molar-refractivity contribution in [1.82, 2.24) is 29.1 Å². The van der Waals surface area contributed by atoms with Gasteiger partial charge in [-0.25, -0.2) is 9.78 Å². The molecule has 9 nitrogen and oxygen atoms in total. The minimum absolute atomic E-state index is 0.0792. The molecule has 0 aromatic carbocycles. The number of esters is 1. The van der Waals surface area contributed by atoms with Gasteiger partial charge in [-0.3, -0.25) is 9.36 Å². The Hall–Kier alpha value is -2.71. The van der Waals surface area contributed by atoms with E-state index >= 15 is 0 Å². The summed E-state index contributed by atoms with van der Waals surface area (Å²) in [4.78, 5) is 37.4. The second kappa shape index (κ2) is 6.17. The Bertz CT molecular complexity index is 1080. The van der Waals surface area contributed by atoms with Crippen LogP contribution in [-0.4, -0.2) is 40.7 Å². The Labute approximate surface area is 155 Å². The molecule has 0 bridgehead atoms. The van der Waals surface area contributed by atoms with E-state index in [2.05, 4.69) is 20.1 Å². The third-order valence-corrected chi connectivity index (χ3v) is 4.83. The van der Waals surface area contributed by atoms with Gasteiger partial charge in [-0.05, 0) is 40.5 Å². The van der Waals surface area contributed by atoms with Crippen LogP contribution in [0.25, 0.3) is 16.9 Å². The van der Waals surface area contributed by atoms with Gasteiger partial charge in [-0.1, -0.05) is 12.8 Å². The van der Waals surface area contributed by atoms with E-state index in [-0.39, 0.29) is 11.4 Å². The number of carbonyl (C=O) groups excluding carboxylic acids is 1. The van der Waals surface area contributed by atoms with Gasteiger partial charge >= 0.3 is 5.97 Å². The van der Waals surface area contributed by atoms with Crippen LogP contribution in [-0.2, 0) is 11.3 Å². The summed E-state index contributed by atoms with van der Waals surface area (Å²) >= 11 is 0. The lowest BCUT2D eigenvalue weighted by atomic mass is 10.1. The van der Waals surface area contributed by atoms with E-state index in [1.54, 1.807) is 20.8 Å². The monoisotopic (exact) mass is 372 g/mol. The number of H-pyrrole nitrogens is 1. The van der Waals surface area contributed by atoms with Gasteiger partial charge in [-0.2, -0.15) is 9.50 Å². The number of imidazole rings is 1. The highest BCUT2D eigenvalue weighted by molar-refractivity contribution is 5.86. The first-order valence-corrected chi connectivity index (χ1v) is 9.41. The zero-order valence-corrected chi connectivity index (χ0v) is 16.1. The lowest BCUT2D eigenvalue weighted by Crippen LogP contribution is -2.24. The highest BCUT2D eigenvalue weighted by atomic mass is 16.6. The average Bonchev–Trinajstić information content (AvgIpc) is 3.31. The molecule has 0 saturated heterocycles. The fourth-order valence-electron chi connectivity index (χ4n) is 3.62. The van der Waals surface area contributed by atoms with Crippen LogP contribution in [0.3, 0.4) is 0 Å². The Morgan fingerprint density at radius 3 is 2.59 bits per heavy atom. The number of aromatic nitrogens is 6. The van der Waals surface area contributed by atoms with Gasteiger partial charge in [0.2, 0.25) is 5.78 Å². The molecule has 27 heavy (non-hydrogen) atoms. The van der Waals surface area contributed by atoms with Gasteiger partial charge < -0.3 is 9.72 Å². The number of hydrogen-bond donors (Lipinski definition) is 1. The molecule has 0 radical (unpaired) electrons. The molecule has 1 fully saturated rings. The molecule has 1 aliphatic carbocycles. The molecule has 0 unspecified atom stereocenters. The first-order valence-electron chi connectivity index (χ1n) is 9.41. The predicted molar refractivity (Wildman–Crippen MR) is 99.0 cm³/mol. The van der Waals surface area contributed by atoms with Crippen LogP contribution in [0.2, 0.25) is 0 Å². The maximum absolute atomic E-state index is 12.9. The van der Waals surface area contributed by atoms with Crippen LogP contribution in [0.5, 0.6) is 0 Å². The summed E-state index contributed by atoms with van der Waals surface area (Å²) in [5.41, 5.74) is -0.0632. The summed E-state index contributed by atoms with van der Waals surface area (Å²) in [6.07, 6.45) is 4.46. The third kappa shape index (κ3) is 3.00. The van der Waals surface area contributed by atoms with Crippen molar-refractivity contribution in [2.75, 3.05) is 0 Å². The zero-order chi connectivity index (χ0) is 19.3. The molecule has 0 aliphatic heterocycles. The molecule has 9 heteroatoms. The summed E-state index contributed by atoms with van der Waals surface area (Å²) in [5, 5.41) is 4.30. The summed E-state index contributed by atoms with van der Waals surface area (Å²) in [6.45, 7) is 7.60. The first-order chi connectivity index (χ1) is 12.8. The number of rotatable bonds is 3. The summed E-state index contributed by atoms with van der Waals surface area (Å²) in [6, 6.07) is 0. The summed E-state index contributed by atoms with van der Waals surface area (Å²) in [7, 11) is 0. The Morgan fingerprint density at radius 1 is 1.26 bits per heavy atom. The maximum atomic E-state index is 12.9. The van der Waals surface area contributed by atoms with E-state index in [1.165, 1.54) is 21.9 Å². The van der Waals surface area contributed by atoms with Crippen molar-refractivity contribution in [1.29, 1.82) is 0 Å². The Morgan fingerprint density at radius 2 is 1.96 bits per heavy atom.